The second-order valence-electron chi connectivity index (χ2n) is 0.886. The Balaban J connectivity index is 3.48. The average Bonchev–Trinajstić information content (AvgIpc) is 1.35. The van der Waals surface area contributed by atoms with Crippen molar-refractivity contribution in [1.29, 1.82) is 0 Å². The van der Waals surface area contributed by atoms with E-state index in [2.05, 4.69) is 37.9 Å². The molecule has 0 radical (unpaired) electrons. The Kier molecular flexibility index (Phi) is 3.56. The molecule has 0 atom stereocenters. The maximum absolute atomic E-state index is 4.93. The van der Waals surface area contributed by atoms with Crippen molar-refractivity contribution in [3.8, 4) is 0 Å². The van der Waals surface area contributed by atoms with Gasteiger partial charge in [-0.3, -0.25) is 0 Å². The Morgan fingerprint density at radius 3 is 1.83 bits per heavy atom. The summed E-state index contributed by atoms with van der Waals surface area (Å²) < 4.78 is -1.19. The van der Waals surface area contributed by atoms with E-state index in [0.29, 0.717) is 0 Å². The number of rotatable bonds is 1. The fraction of sp³-hybridized carbons (Fsp3) is 1.00. The lowest BCUT2D eigenvalue weighted by atomic mass is 11.0. The van der Waals surface area contributed by atoms with Crippen LogP contribution in [0.1, 0.15) is 6.92 Å². The van der Waals surface area contributed by atoms with Crippen LogP contribution in [0.25, 0.3) is 0 Å². The highest BCUT2D eigenvalue weighted by atomic mass is 79.9. The first kappa shape index (κ1) is 7.61. The minimum absolute atomic E-state index is 1.03. The van der Waals surface area contributed by atoms with Crippen molar-refractivity contribution in [2.45, 2.75) is 6.92 Å². The first-order chi connectivity index (χ1) is 2.56. The molecule has 0 aromatic heterocycles. The van der Waals surface area contributed by atoms with Gasteiger partial charge in [0.15, 0.2) is 0 Å². The first-order valence-electron chi connectivity index (χ1n) is 1.54. The maximum Gasteiger partial charge on any atom is 0.0765 e. The molecule has 4 heteroatoms. The third-order valence-corrected chi connectivity index (χ3v) is 4.89. The lowest BCUT2D eigenvalue weighted by molar-refractivity contribution is 1.53. The highest BCUT2D eigenvalue weighted by molar-refractivity contribution is 9.74. The van der Waals surface area contributed by atoms with Crippen LogP contribution in [-0.2, 0) is 11.8 Å². The summed E-state index contributed by atoms with van der Waals surface area (Å²) in [5.74, 6) is 0. The normalized spacial score (nSPS) is 11.8. The van der Waals surface area contributed by atoms with Crippen molar-refractivity contribution in [1.82, 2.24) is 0 Å². The quantitative estimate of drug-likeness (QED) is 0.646. The number of hydrogen-bond donors (Lipinski definition) is 0. The molecule has 0 aliphatic carbocycles. The largest absolute Gasteiger partial charge is 0.0765 e. The molecule has 0 saturated carbocycles. The lowest BCUT2D eigenvalue weighted by Crippen LogP contribution is -1.57. The topological polar surface area (TPSA) is 0 Å². The van der Waals surface area contributed by atoms with Crippen LogP contribution < -0.4 is 0 Å². The summed E-state index contributed by atoms with van der Waals surface area (Å²) in [5, 5.41) is 0. The van der Waals surface area contributed by atoms with Gasteiger partial charge in [0.1, 0.15) is 0 Å². The van der Waals surface area contributed by atoms with E-state index in [4.69, 9.17) is 11.8 Å². The summed E-state index contributed by atoms with van der Waals surface area (Å²) >= 11 is 11.6. The van der Waals surface area contributed by atoms with E-state index in [-0.39, 0.29) is 0 Å². The van der Waals surface area contributed by atoms with E-state index in [0.717, 1.165) is 6.16 Å². The van der Waals surface area contributed by atoms with Gasteiger partial charge in [-0.1, -0.05) is 18.7 Å². The lowest BCUT2D eigenvalue weighted by Gasteiger charge is -1.95. The van der Waals surface area contributed by atoms with Crippen molar-refractivity contribution in [3.63, 3.8) is 0 Å². The fourth-order valence-corrected chi connectivity index (χ4v) is 0. The molecular formula is C2H5Br2PS. The van der Waals surface area contributed by atoms with Crippen LogP contribution in [0.5, 0.6) is 0 Å². The molecule has 6 heavy (non-hydrogen) atoms. The van der Waals surface area contributed by atoms with Crippen LogP contribution in [0.2, 0.25) is 0 Å². The average molecular weight is 252 g/mol. The second-order valence-corrected chi connectivity index (χ2v) is 17.5. The molecule has 0 rings (SSSR count). The minimum atomic E-state index is -1.19. The molecule has 0 fully saturated rings. The summed E-state index contributed by atoms with van der Waals surface area (Å²) in [6, 6.07) is 0. The Hall–Kier alpha value is 1.61. The molecule has 0 nitrogen and oxygen atoms in total. The molecule has 0 aromatic carbocycles. The Morgan fingerprint density at radius 2 is 1.83 bits per heavy atom. The van der Waals surface area contributed by atoms with Crippen LogP contribution in [0.15, 0.2) is 0 Å². The van der Waals surface area contributed by atoms with E-state index in [9.17, 15) is 0 Å². The minimum Gasteiger partial charge on any atom is -0.0732 e. The SMILES string of the molecule is CCP(=S)(Br)Br. The van der Waals surface area contributed by atoms with Crippen LogP contribution in [0, 0.1) is 0 Å². The van der Waals surface area contributed by atoms with Gasteiger partial charge < -0.3 is 0 Å². The highest BCUT2D eigenvalue weighted by Gasteiger charge is 1.98. The summed E-state index contributed by atoms with van der Waals surface area (Å²) in [6.07, 6.45) is 1.03. The molecule has 0 aliphatic heterocycles. The van der Waals surface area contributed by atoms with E-state index >= 15 is 0 Å². The van der Waals surface area contributed by atoms with Gasteiger partial charge in [-0.05, 0) is 37.1 Å². The van der Waals surface area contributed by atoms with Gasteiger partial charge >= 0.3 is 0 Å². The molecule has 0 heterocycles. The predicted octanol–water partition coefficient (Wildman–Crippen LogP) is 3.11. The summed E-state index contributed by atoms with van der Waals surface area (Å²) in [4.78, 5) is 0. The van der Waals surface area contributed by atoms with Gasteiger partial charge in [0.2, 0.25) is 0 Å². The Bertz CT molecular complexity index is 75.6. The fourth-order valence-electron chi connectivity index (χ4n) is 0. The van der Waals surface area contributed by atoms with Crippen molar-refractivity contribution in [3.05, 3.63) is 0 Å². The smallest absolute Gasteiger partial charge is 0.0732 e. The van der Waals surface area contributed by atoms with Gasteiger partial charge in [0, 0.05) is 0 Å². The molecular weight excluding hydrogens is 247 g/mol. The zero-order chi connectivity index (χ0) is 5.21. The zero-order valence-electron chi connectivity index (χ0n) is 3.32. The first-order valence-corrected chi connectivity index (χ1v) is 8.57. The van der Waals surface area contributed by atoms with Gasteiger partial charge in [-0.15, -0.1) is 0 Å². The standard InChI is InChI=1S/C2H5Br2PS/c1-2-5(3,4)6/h2H2,1H3. The number of hydrogen-bond acceptors (Lipinski definition) is 1. The summed E-state index contributed by atoms with van der Waals surface area (Å²) in [6.45, 7) is 2.06. The Labute approximate surface area is 59.2 Å². The molecule has 38 valence electrons. The second kappa shape index (κ2) is 2.81. The van der Waals surface area contributed by atoms with Crippen LogP contribution in [-0.4, -0.2) is 6.16 Å². The monoisotopic (exact) mass is 250 g/mol. The summed E-state index contributed by atoms with van der Waals surface area (Å²) in [5.41, 5.74) is 0. The van der Waals surface area contributed by atoms with E-state index in [1.807, 2.05) is 0 Å². The third-order valence-electron chi connectivity index (χ3n) is 0.368. The van der Waals surface area contributed by atoms with Crippen LogP contribution >= 0.6 is 34.4 Å². The highest BCUT2D eigenvalue weighted by Crippen LogP contribution is 2.61. The maximum atomic E-state index is 4.93. The third kappa shape index (κ3) is 5.61. The molecule has 0 bridgehead atoms. The van der Waals surface area contributed by atoms with Crippen molar-refractivity contribution >= 4 is 46.2 Å². The predicted molar refractivity (Wildman–Crippen MR) is 42.7 cm³/mol. The van der Waals surface area contributed by atoms with Crippen LogP contribution in [0.4, 0.5) is 0 Å². The van der Waals surface area contributed by atoms with Gasteiger partial charge in [-0.2, -0.15) is 0 Å². The molecule has 0 aliphatic rings. The molecule has 0 saturated heterocycles. The molecule has 0 N–H and O–H groups in total. The van der Waals surface area contributed by atoms with Gasteiger partial charge in [-0.25, -0.2) is 0 Å². The number of halogens is 2. The van der Waals surface area contributed by atoms with Crippen molar-refractivity contribution in [2.24, 2.45) is 0 Å². The van der Waals surface area contributed by atoms with E-state index in [1.165, 1.54) is 0 Å². The van der Waals surface area contributed by atoms with Crippen molar-refractivity contribution in [2.75, 3.05) is 6.16 Å². The van der Waals surface area contributed by atoms with Crippen molar-refractivity contribution < 1.29 is 0 Å². The van der Waals surface area contributed by atoms with E-state index in [1.54, 1.807) is 0 Å². The molecule has 0 spiro atoms. The van der Waals surface area contributed by atoms with Crippen LogP contribution in [0.3, 0.4) is 0 Å². The summed E-state index contributed by atoms with van der Waals surface area (Å²) in [7, 11) is 0. The molecule has 0 unspecified atom stereocenters. The molecule has 0 amide bonds. The van der Waals surface area contributed by atoms with E-state index < -0.39 is 3.44 Å². The molecule has 0 aromatic rings. The van der Waals surface area contributed by atoms with Gasteiger partial charge in [0.05, 0.1) is 3.44 Å². The Morgan fingerprint density at radius 1 is 1.67 bits per heavy atom. The van der Waals surface area contributed by atoms with Gasteiger partial charge in [0.25, 0.3) is 0 Å². The zero-order valence-corrected chi connectivity index (χ0v) is 8.20.